The minimum absolute atomic E-state index is 0.128. The molecule has 1 aromatic heterocycles. The van der Waals surface area contributed by atoms with E-state index in [0.717, 1.165) is 28.8 Å². The van der Waals surface area contributed by atoms with Crippen LogP contribution in [-0.4, -0.2) is 24.6 Å². The van der Waals surface area contributed by atoms with Crippen LogP contribution in [0.15, 0.2) is 56.6 Å². The van der Waals surface area contributed by atoms with Gasteiger partial charge in [-0.1, -0.05) is 12.1 Å². The van der Waals surface area contributed by atoms with E-state index in [1.54, 1.807) is 0 Å². The number of sulfonamides is 1. The molecule has 0 spiro atoms. The second-order valence-electron chi connectivity index (χ2n) is 6.04. The first-order valence-corrected chi connectivity index (χ1v) is 9.42. The quantitative estimate of drug-likeness (QED) is 0.664. The van der Waals surface area contributed by atoms with Gasteiger partial charge in [0.15, 0.2) is 5.58 Å². The Balaban J connectivity index is 1.76. The van der Waals surface area contributed by atoms with Crippen LogP contribution < -0.4 is 10.5 Å². The molecule has 28 heavy (non-hydrogen) atoms. The number of nitrogens with zero attached hydrogens (tertiary/aromatic N) is 1. The molecule has 0 aliphatic carbocycles. The lowest BCUT2D eigenvalue weighted by Gasteiger charge is -2.14. The molecule has 0 amide bonds. The summed E-state index contributed by atoms with van der Waals surface area (Å²) in [5.41, 5.74) is -0.251. The molecule has 1 atom stereocenters. The van der Waals surface area contributed by atoms with Gasteiger partial charge in [0.2, 0.25) is 10.0 Å². The monoisotopic (exact) mass is 416 g/mol. The minimum atomic E-state index is -4.50. The summed E-state index contributed by atoms with van der Waals surface area (Å²) in [4.78, 5) is 11.3. The summed E-state index contributed by atoms with van der Waals surface area (Å²) in [5, 5.41) is 10.1. The highest BCUT2D eigenvalue weighted by Gasteiger charge is 2.30. The van der Waals surface area contributed by atoms with Crippen LogP contribution in [0.5, 0.6) is 0 Å². The molecule has 0 unspecified atom stereocenters. The second kappa shape index (κ2) is 7.08. The minimum Gasteiger partial charge on any atom is -0.408 e. The number of aryl methyl sites for hydroxylation is 1. The topological polar surface area (TPSA) is 102 Å². The fourth-order valence-corrected chi connectivity index (χ4v) is 3.62. The van der Waals surface area contributed by atoms with Gasteiger partial charge >= 0.3 is 11.9 Å². The molecule has 0 bridgehead atoms. The van der Waals surface area contributed by atoms with Crippen LogP contribution in [0, 0.1) is 0 Å². The van der Waals surface area contributed by atoms with Crippen molar-refractivity contribution in [2.75, 3.05) is 6.54 Å². The maximum absolute atomic E-state index is 12.6. The highest BCUT2D eigenvalue weighted by Crippen LogP contribution is 2.30. The van der Waals surface area contributed by atoms with E-state index in [1.807, 2.05) is 0 Å². The molecule has 0 radical (unpaired) electrons. The Hall–Kier alpha value is -2.63. The first-order valence-electron chi connectivity index (χ1n) is 7.93. The number of aromatic nitrogens is 1. The molecule has 1 heterocycles. The van der Waals surface area contributed by atoms with Gasteiger partial charge in [0.25, 0.3) is 0 Å². The van der Waals surface area contributed by atoms with Crippen molar-refractivity contribution in [2.45, 2.75) is 17.2 Å². The van der Waals surface area contributed by atoms with Crippen LogP contribution in [0.1, 0.15) is 17.2 Å². The number of benzene rings is 2. The van der Waals surface area contributed by atoms with Gasteiger partial charge in [-0.25, -0.2) is 17.9 Å². The molecule has 7 nitrogen and oxygen atoms in total. The molecule has 11 heteroatoms. The fourth-order valence-electron chi connectivity index (χ4n) is 2.56. The lowest BCUT2D eigenvalue weighted by molar-refractivity contribution is -0.137. The Morgan fingerprint density at radius 1 is 1.18 bits per heavy atom. The average Bonchev–Trinajstić information content (AvgIpc) is 2.93. The zero-order chi connectivity index (χ0) is 20.7. The Kier molecular flexibility index (Phi) is 5.08. The van der Waals surface area contributed by atoms with Crippen molar-refractivity contribution in [3.63, 3.8) is 0 Å². The normalized spacial score (nSPS) is 13.8. The number of fused-ring (bicyclic) bond motifs is 1. The van der Waals surface area contributed by atoms with Crippen LogP contribution in [0.2, 0.25) is 0 Å². The van der Waals surface area contributed by atoms with E-state index >= 15 is 0 Å². The Labute approximate surface area is 157 Å². The highest BCUT2D eigenvalue weighted by atomic mass is 32.2. The van der Waals surface area contributed by atoms with Gasteiger partial charge in [0.1, 0.15) is 0 Å². The maximum atomic E-state index is 12.6. The molecule has 0 fully saturated rings. The molecule has 3 rings (SSSR count). The Bertz CT molecular complexity index is 1160. The van der Waals surface area contributed by atoms with Crippen LogP contribution in [0.25, 0.3) is 11.1 Å². The third kappa shape index (κ3) is 3.96. The SMILES string of the molecule is Cn1c(=O)oc2ccc(S(=O)(=O)NC[C@H](O)c3ccc(C(F)(F)F)cc3)cc21. The number of alkyl halides is 3. The number of halogens is 3. The summed E-state index contributed by atoms with van der Waals surface area (Å²) < 4.78 is 70.8. The van der Waals surface area contributed by atoms with E-state index in [4.69, 9.17) is 4.42 Å². The summed E-state index contributed by atoms with van der Waals surface area (Å²) in [6.45, 7) is -0.448. The molecule has 150 valence electrons. The summed E-state index contributed by atoms with van der Waals surface area (Å²) in [5.74, 6) is -0.643. The maximum Gasteiger partial charge on any atom is 0.419 e. The lowest BCUT2D eigenvalue weighted by atomic mass is 10.1. The van der Waals surface area contributed by atoms with Crippen LogP contribution in [-0.2, 0) is 23.2 Å². The Morgan fingerprint density at radius 3 is 2.43 bits per heavy atom. The van der Waals surface area contributed by atoms with Crippen molar-refractivity contribution in [1.82, 2.24) is 9.29 Å². The third-order valence-corrected chi connectivity index (χ3v) is 5.58. The van der Waals surface area contributed by atoms with Crippen molar-refractivity contribution >= 4 is 21.1 Å². The average molecular weight is 416 g/mol. The second-order valence-corrected chi connectivity index (χ2v) is 7.81. The number of nitrogens with one attached hydrogen (secondary N) is 1. The summed E-state index contributed by atoms with van der Waals surface area (Å²) in [6.07, 6.45) is -5.85. The number of hydrogen-bond acceptors (Lipinski definition) is 5. The Morgan fingerprint density at radius 2 is 1.82 bits per heavy atom. The van der Waals surface area contributed by atoms with E-state index in [9.17, 15) is 31.5 Å². The molecule has 0 saturated heterocycles. The first kappa shape index (κ1) is 20.1. The van der Waals surface area contributed by atoms with E-state index in [-0.39, 0.29) is 21.6 Å². The van der Waals surface area contributed by atoms with Gasteiger partial charge in [0.05, 0.1) is 22.1 Å². The number of aliphatic hydroxyl groups excluding tert-OH is 1. The fraction of sp³-hybridized carbons (Fsp3) is 0.235. The van der Waals surface area contributed by atoms with Crippen molar-refractivity contribution in [1.29, 1.82) is 0 Å². The lowest BCUT2D eigenvalue weighted by Crippen LogP contribution is -2.28. The third-order valence-electron chi connectivity index (χ3n) is 4.16. The van der Waals surface area contributed by atoms with Crippen LogP contribution >= 0.6 is 0 Å². The zero-order valence-corrected chi connectivity index (χ0v) is 15.2. The molecule has 0 saturated carbocycles. The van der Waals surface area contributed by atoms with Crippen LogP contribution in [0.3, 0.4) is 0 Å². The molecule has 2 N–H and O–H groups in total. The largest absolute Gasteiger partial charge is 0.419 e. The molecular formula is C17H15F3N2O5S. The van der Waals surface area contributed by atoms with Crippen molar-refractivity contribution in [3.05, 3.63) is 64.1 Å². The van der Waals surface area contributed by atoms with Gasteiger partial charge in [-0.15, -0.1) is 0 Å². The van der Waals surface area contributed by atoms with Crippen molar-refractivity contribution in [2.24, 2.45) is 7.05 Å². The van der Waals surface area contributed by atoms with E-state index in [1.165, 1.54) is 25.2 Å². The van der Waals surface area contributed by atoms with Gasteiger partial charge < -0.3 is 9.52 Å². The van der Waals surface area contributed by atoms with E-state index in [2.05, 4.69) is 4.72 Å². The number of hydrogen-bond donors (Lipinski definition) is 2. The smallest absolute Gasteiger partial charge is 0.408 e. The molecule has 0 aliphatic heterocycles. The van der Waals surface area contributed by atoms with Crippen molar-refractivity contribution < 1.29 is 31.1 Å². The molecular weight excluding hydrogens is 401 g/mol. The predicted molar refractivity (Wildman–Crippen MR) is 93.0 cm³/mol. The molecule has 3 aromatic rings. The van der Waals surface area contributed by atoms with Crippen LogP contribution in [0.4, 0.5) is 13.2 Å². The zero-order valence-electron chi connectivity index (χ0n) is 14.4. The van der Waals surface area contributed by atoms with E-state index < -0.39 is 40.2 Å². The standard InChI is InChI=1S/C17H15F3N2O5S/c1-22-13-8-12(6-7-15(13)27-16(22)24)28(25,26)21-9-14(23)10-2-4-11(5-3-10)17(18,19)20/h2-8,14,21,23H,9H2,1H3/t14-/m0/s1. The number of oxazole rings is 1. The van der Waals surface area contributed by atoms with Gasteiger partial charge in [0, 0.05) is 13.6 Å². The number of aliphatic hydroxyl groups is 1. The van der Waals surface area contributed by atoms with E-state index in [0.29, 0.717) is 0 Å². The summed E-state index contributed by atoms with van der Waals surface area (Å²) >= 11 is 0. The summed E-state index contributed by atoms with van der Waals surface area (Å²) in [6, 6.07) is 7.58. The predicted octanol–water partition coefficient (Wildman–Crippen LogP) is 2.16. The molecule has 2 aromatic carbocycles. The van der Waals surface area contributed by atoms with Gasteiger partial charge in [-0.3, -0.25) is 4.57 Å². The number of rotatable bonds is 5. The van der Waals surface area contributed by atoms with Gasteiger partial charge in [-0.05, 0) is 35.9 Å². The molecule has 0 aliphatic rings. The van der Waals surface area contributed by atoms with Crippen molar-refractivity contribution in [3.8, 4) is 0 Å². The first-order chi connectivity index (χ1) is 13.0. The summed E-state index contributed by atoms with van der Waals surface area (Å²) in [7, 11) is -2.62. The van der Waals surface area contributed by atoms with Gasteiger partial charge in [-0.2, -0.15) is 13.2 Å². The highest BCUT2D eigenvalue weighted by molar-refractivity contribution is 7.89.